The van der Waals surface area contributed by atoms with Crippen molar-refractivity contribution in [2.75, 3.05) is 19.6 Å². The third-order valence-electron chi connectivity index (χ3n) is 4.36. The van der Waals surface area contributed by atoms with Gasteiger partial charge in [0, 0.05) is 19.0 Å². The molecule has 1 amide bonds. The summed E-state index contributed by atoms with van der Waals surface area (Å²) in [5.74, 6) is 1.42. The van der Waals surface area contributed by atoms with Crippen LogP contribution >= 0.6 is 12.4 Å². The standard InChI is InChI=1S/C14H26N2O.ClH/c15-9-8-12-5-4-10-16(11-12)14(17)13-6-2-1-3-7-13;/h12-13H,1-11,15H2;1H. The molecule has 2 fully saturated rings. The smallest absolute Gasteiger partial charge is 0.225 e. The van der Waals surface area contributed by atoms with Crippen LogP contribution in [0.3, 0.4) is 0 Å². The lowest BCUT2D eigenvalue weighted by Gasteiger charge is -2.35. The average Bonchev–Trinajstić information content (AvgIpc) is 2.40. The number of amides is 1. The highest BCUT2D eigenvalue weighted by Crippen LogP contribution is 2.28. The summed E-state index contributed by atoms with van der Waals surface area (Å²) in [7, 11) is 0. The summed E-state index contributed by atoms with van der Waals surface area (Å²) in [4.78, 5) is 14.5. The van der Waals surface area contributed by atoms with Gasteiger partial charge in [0.1, 0.15) is 0 Å². The third kappa shape index (κ3) is 4.13. The lowest BCUT2D eigenvalue weighted by atomic mass is 9.87. The molecule has 2 rings (SSSR count). The molecule has 1 unspecified atom stereocenters. The number of carbonyl (C=O) groups is 1. The summed E-state index contributed by atoms with van der Waals surface area (Å²) in [5, 5.41) is 0. The Kier molecular flexibility index (Phi) is 7.02. The average molecular weight is 275 g/mol. The minimum atomic E-state index is 0. The number of rotatable bonds is 3. The van der Waals surface area contributed by atoms with Crippen molar-refractivity contribution < 1.29 is 4.79 Å². The van der Waals surface area contributed by atoms with Gasteiger partial charge in [-0.15, -0.1) is 12.4 Å². The van der Waals surface area contributed by atoms with Gasteiger partial charge >= 0.3 is 0 Å². The molecule has 1 heterocycles. The summed E-state index contributed by atoms with van der Waals surface area (Å²) in [6, 6.07) is 0. The van der Waals surface area contributed by atoms with Crippen LogP contribution in [0, 0.1) is 11.8 Å². The van der Waals surface area contributed by atoms with E-state index in [4.69, 9.17) is 5.73 Å². The molecule has 4 heteroatoms. The topological polar surface area (TPSA) is 46.3 Å². The lowest BCUT2D eigenvalue weighted by Crippen LogP contribution is -2.43. The Hall–Kier alpha value is -0.280. The van der Waals surface area contributed by atoms with Crippen LogP contribution in [0.5, 0.6) is 0 Å². The molecule has 3 nitrogen and oxygen atoms in total. The van der Waals surface area contributed by atoms with Gasteiger partial charge in [-0.1, -0.05) is 19.3 Å². The van der Waals surface area contributed by atoms with Gasteiger partial charge in [-0.3, -0.25) is 4.79 Å². The zero-order valence-electron chi connectivity index (χ0n) is 11.3. The first-order valence-electron chi connectivity index (χ1n) is 7.30. The van der Waals surface area contributed by atoms with Crippen molar-refractivity contribution in [1.29, 1.82) is 0 Å². The number of piperidine rings is 1. The van der Waals surface area contributed by atoms with Gasteiger partial charge in [-0.25, -0.2) is 0 Å². The van der Waals surface area contributed by atoms with Gasteiger partial charge in [0.05, 0.1) is 0 Å². The molecule has 0 aromatic rings. The van der Waals surface area contributed by atoms with Gasteiger partial charge in [0.15, 0.2) is 0 Å². The summed E-state index contributed by atoms with van der Waals surface area (Å²) in [5.41, 5.74) is 5.62. The van der Waals surface area contributed by atoms with Crippen LogP contribution in [0.1, 0.15) is 51.4 Å². The Morgan fingerprint density at radius 3 is 2.50 bits per heavy atom. The maximum Gasteiger partial charge on any atom is 0.225 e. The molecule has 2 N–H and O–H groups in total. The van der Waals surface area contributed by atoms with E-state index in [1.165, 1.54) is 32.1 Å². The van der Waals surface area contributed by atoms with Gasteiger partial charge in [0.2, 0.25) is 5.91 Å². The van der Waals surface area contributed by atoms with E-state index < -0.39 is 0 Å². The van der Waals surface area contributed by atoms with E-state index in [9.17, 15) is 4.79 Å². The highest BCUT2D eigenvalue weighted by atomic mass is 35.5. The Morgan fingerprint density at radius 2 is 1.83 bits per heavy atom. The van der Waals surface area contributed by atoms with Crippen molar-refractivity contribution in [1.82, 2.24) is 4.90 Å². The molecule has 18 heavy (non-hydrogen) atoms. The zero-order valence-corrected chi connectivity index (χ0v) is 12.1. The van der Waals surface area contributed by atoms with Gasteiger partial charge in [-0.2, -0.15) is 0 Å². The largest absolute Gasteiger partial charge is 0.342 e. The van der Waals surface area contributed by atoms with Crippen LogP contribution in [0.15, 0.2) is 0 Å². The van der Waals surface area contributed by atoms with Crippen LogP contribution in [0.4, 0.5) is 0 Å². The second kappa shape index (κ2) is 8.00. The number of nitrogens with zero attached hydrogens (tertiary/aromatic N) is 1. The first-order valence-corrected chi connectivity index (χ1v) is 7.30. The quantitative estimate of drug-likeness (QED) is 0.860. The molecule has 1 aliphatic carbocycles. The van der Waals surface area contributed by atoms with Crippen molar-refractivity contribution in [2.45, 2.75) is 51.4 Å². The third-order valence-corrected chi connectivity index (χ3v) is 4.36. The highest BCUT2D eigenvalue weighted by molar-refractivity contribution is 5.85. The van der Waals surface area contributed by atoms with Crippen LogP contribution < -0.4 is 5.73 Å². The summed E-state index contributed by atoms with van der Waals surface area (Å²) < 4.78 is 0. The first-order chi connectivity index (χ1) is 8.31. The predicted molar refractivity (Wildman–Crippen MR) is 76.8 cm³/mol. The first kappa shape index (κ1) is 15.8. The molecule has 2 aliphatic rings. The van der Waals surface area contributed by atoms with Crippen molar-refractivity contribution in [2.24, 2.45) is 17.6 Å². The molecule has 1 saturated heterocycles. The Morgan fingerprint density at radius 1 is 1.11 bits per heavy atom. The van der Waals surface area contributed by atoms with Gasteiger partial charge < -0.3 is 10.6 Å². The SMILES string of the molecule is Cl.NCCC1CCCN(C(=O)C2CCCCC2)C1. The molecule has 0 bridgehead atoms. The molecule has 0 spiro atoms. The molecule has 1 atom stereocenters. The number of nitrogens with two attached hydrogens (primary N) is 1. The molecule has 0 aromatic carbocycles. The normalized spacial score (nSPS) is 25.6. The molecule has 106 valence electrons. The molecular formula is C14H27ClN2O. The Balaban J connectivity index is 0.00000162. The maximum absolute atomic E-state index is 12.4. The second-order valence-electron chi connectivity index (χ2n) is 5.70. The van der Waals surface area contributed by atoms with Crippen LogP contribution in [0.2, 0.25) is 0 Å². The van der Waals surface area contributed by atoms with Gasteiger partial charge in [-0.05, 0) is 44.6 Å². The van der Waals surface area contributed by atoms with Crippen LogP contribution in [-0.4, -0.2) is 30.4 Å². The molecule has 1 saturated carbocycles. The van der Waals surface area contributed by atoms with Crippen molar-refractivity contribution in [3.63, 3.8) is 0 Å². The lowest BCUT2D eigenvalue weighted by molar-refractivity contribution is -0.138. The van der Waals surface area contributed by atoms with Crippen LogP contribution in [0.25, 0.3) is 0 Å². The number of carbonyl (C=O) groups excluding carboxylic acids is 1. The van der Waals surface area contributed by atoms with E-state index in [2.05, 4.69) is 4.90 Å². The Bertz CT molecular complexity index is 252. The van der Waals surface area contributed by atoms with Crippen molar-refractivity contribution in [3.05, 3.63) is 0 Å². The van der Waals surface area contributed by atoms with E-state index in [0.29, 0.717) is 17.7 Å². The monoisotopic (exact) mass is 274 g/mol. The number of halogens is 1. The van der Waals surface area contributed by atoms with E-state index in [-0.39, 0.29) is 12.4 Å². The summed E-state index contributed by atoms with van der Waals surface area (Å²) in [6.07, 6.45) is 9.56. The summed E-state index contributed by atoms with van der Waals surface area (Å²) >= 11 is 0. The fraction of sp³-hybridized carbons (Fsp3) is 0.929. The fourth-order valence-electron chi connectivity index (χ4n) is 3.34. The van der Waals surface area contributed by atoms with E-state index in [0.717, 1.165) is 38.9 Å². The van der Waals surface area contributed by atoms with Crippen molar-refractivity contribution >= 4 is 18.3 Å². The number of hydrogen-bond donors (Lipinski definition) is 1. The zero-order chi connectivity index (χ0) is 12.1. The second-order valence-corrected chi connectivity index (χ2v) is 5.70. The minimum absolute atomic E-state index is 0. The predicted octanol–water partition coefficient (Wildman–Crippen LogP) is 2.58. The number of hydrogen-bond acceptors (Lipinski definition) is 2. The van der Waals surface area contributed by atoms with E-state index >= 15 is 0 Å². The number of likely N-dealkylation sites (tertiary alicyclic amines) is 1. The maximum atomic E-state index is 12.4. The van der Waals surface area contributed by atoms with Crippen molar-refractivity contribution in [3.8, 4) is 0 Å². The van der Waals surface area contributed by atoms with Crippen LogP contribution in [-0.2, 0) is 4.79 Å². The molecular weight excluding hydrogens is 248 g/mol. The molecule has 1 aliphatic heterocycles. The highest BCUT2D eigenvalue weighted by Gasteiger charge is 2.29. The van der Waals surface area contributed by atoms with E-state index in [1.807, 2.05) is 0 Å². The van der Waals surface area contributed by atoms with E-state index in [1.54, 1.807) is 0 Å². The molecule has 0 aromatic heterocycles. The van der Waals surface area contributed by atoms with Gasteiger partial charge in [0.25, 0.3) is 0 Å². The fourth-order valence-corrected chi connectivity index (χ4v) is 3.34. The minimum Gasteiger partial charge on any atom is -0.342 e. The molecule has 0 radical (unpaired) electrons. The summed E-state index contributed by atoms with van der Waals surface area (Å²) in [6.45, 7) is 2.71. The Labute approximate surface area is 117 Å².